The van der Waals surface area contributed by atoms with E-state index < -0.39 is 0 Å². The lowest BCUT2D eigenvalue weighted by Gasteiger charge is -2.16. The van der Waals surface area contributed by atoms with Crippen molar-refractivity contribution < 1.29 is 14.0 Å². The van der Waals surface area contributed by atoms with Crippen molar-refractivity contribution in [1.29, 1.82) is 0 Å². The lowest BCUT2D eigenvalue weighted by atomic mass is 10.1. The van der Waals surface area contributed by atoms with Crippen LogP contribution in [0.2, 0.25) is 0 Å². The van der Waals surface area contributed by atoms with Gasteiger partial charge in [-0.05, 0) is 42.3 Å². The van der Waals surface area contributed by atoms with Crippen LogP contribution in [0.5, 0.6) is 0 Å². The lowest BCUT2D eigenvalue weighted by molar-refractivity contribution is -0.115. The molecule has 2 heterocycles. The van der Waals surface area contributed by atoms with Crippen molar-refractivity contribution >= 4 is 23.2 Å². The van der Waals surface area contributed by atoms with Gasteiger partial charge in [0.05, 0.1) is 6.26 Å². The maximum Gasteiger partial charge on any atom is 0.293 e. The van der Waals surface area contributed by atoms with Gasteiger partial charge in [0.25, 0.3) is 5.91 Å². The van der Waals surface area contributed by atoms with Gasteiger partial charge < -0.3 is 14.6 Å². The predicted octanol–water partition coefficient (Wildman–Crippen LogP) is 2.83. The smallest absolute Gasteiger partial charge is 0.293 e. The SMILES string of the molecule is CCC(=O)Nc1ccc2c(c1)CCN2C(=O)c1ccco1. The highest BCUT2D eigenvalue weighted by molar-refractivity contribution is 6.05. The molecular formula is C16H16N2O3. The number of hydrogen-bond donors (Lipinski definition) is 1. The summed E-state index contributed by atoms with van der Waals surface area (Å²) in [5, 5.41) is 2.83. The Kier molecular flexibility index (Phi) is 3.48. The Balaban J connectivity index is 1.83. The minimum atomic E-state index is -0.135. The number of nitrogens with one attached hydrogen (secondary N) is 1. The summed E-state index contributed by atoms with van der Waals surface area (Å²) < 4.78 is 5.17. The maximum absolute atomic E-state index is 12.3. The third-order valence-electron chi connectivity index (χ3n) is 3.56. The first-order chi connectivity index (χ1) is 10.2. The minimum absolute atomic E-state index is 0.0172. The normalized spacial score (nSPS) is 13.1. The second kappa shape index (κ2) is 5.44. The summed E-state index contributed by atoms with van der Waals surface area (Å²) in [6.07, 6.45) is 2.71. The first-order valence-electron chi connectivity index (χ1n) is 6.97. The average molecular weight is 284 g/mol. The van der Waals surface area contributed by atoms with Crippen molar-refractivity contribution in [3.05, 3.63) is 47.9 Å². The van der Waals surface area contributed by atoms with Crippen molar-refractivity contribution in [2.45, 2.75) is 19.8 Å². The molecule has 0 spiro atoms. The fourth-order valence-electron chi connectivity index (χ4n) is 2.47. The number of carbonyl (C=O) groups is 2. The summed E-state index contributed by atoms with van der Waals surface area (Å²) in [6.45, 7) is 2.44. The summed E-state index contributed by atoms with van der Waals surface area (Å²) in [4.78, 5) is 25.5. The Hall–Kier alpha value is -2.56. The van der Waals surface area contributed by atoms with Gasteiger partial charge >= 0.3 is 0 Å². The quantitative estimate of drug-likeness (QED) is 0.942. The molecule has 3 rings (SSSR count). The summed E-state index contributed by atoms with van der Waals surface area (Å²) in [5.74, 6) is 0.187. The van der Waals surface area contributed by atoms with E-state index in [1.54, 1.807) is 17.0 Å². The second-order valence-corrected chi connectivity index (χ2v) is 4.93. The van der Waals surface area contributed by atoms with Crippen LogP contribution in [0.25, 0.3) is 0 Å². The Labute approximate surface area is 122 Å². The van der Waals surface area contributed by atoms with E-state index in [0.717, 1.165) is 23.4 Å². The van der Waals surface area contributed by atoms with Crippen molar-refractivity contribution in [2.75, 3.05) is 16.8 Å². The van der Waals surface area contributed by atoms with Crippen molar-refractivity contribution in [2.24, 2.45) is 0 Å². The zero-order valence-electron chi connectivity index (χ0n) is 11.8. The third kappa shape index (κ3) is 2.54. The highest BCUT2D eigenvalue weighted by Crippen LogP contribution is 2.31. The highest BCUT2D eigenvalue weighted by atomic mass is 16.3. The van der Waals surface area contributed by atoms with Gasteiger partial charge in [-0.25, -0.2) is 0 Å². The molecule has 1 aliphatic rings. The average Bonchev–Trinajstić information content (AvgIpc) is 3.15. The molecule has 0 bridgehead atoms. The molecule has 0 fully saturated rings. The van der Waals surface area contributed by atoms with Crippen molar-refractivity contribution in [1.82, 2.24) is 0 Å². The van der Waals surface area contributed by atoms with Crippen LogP contribution in [0, 0.1) is 0 Å². The molecule has 0 atom stereocenters. The van der Waals surface area contributed by atoms with Gasteiger partial charge in [-0.15, -0.1) is 0 Å². The first-order valence-corrected chi connectivity index (χ1v) is 6.97. The Morgan fingerprint density at radius 2 is 2.19 bits per heavy atom. The van der Waals surface area contributed by atoms with E-state index in [0.29, 0.717) is 18.7 Å². The topological polar surface area (TPSA) is 62.6 Å². The Morgan fingerprint density at radius 1 is 1.33 bits per heavy atom. The molecule has 0 saturated heterocycles. The van der Waals surface area contributed by atoms with Gasteiger partial charge in [-0.2, -0.15) is 0 Å². The first kappa shape index (κ1) is 13.4. The van der Waals surface area contributed by atoms with E-state index >= 15 is 0 Å². The van der Waals surface area contributed by atoms with Gasteiger partial charge in [-0.1, -0.05) is 6.92 Å². The van der Waals surface area contributed by atoms with Gasteiger partial charge in [0, 0.05) is 24.3 Å². The van der Waals surface area contributed by atoms with Crippen LogP contribution >= 0.6 is 0 Å². The third-order valence-corrected chi connectivity index (χ3v) is 3.56. The van der Waals surface area contributed by atoms with Crippen LogP contribution in [0.3, 0.4) is 0 Å². The molecule has 5 nitrogen and oxygen atoms in total. The molecule has 1 N–H and O–H groups in total. The summed E-state index contributed by atoms with van der Waals surface area (Å²) in [7, 11) is 0. The fraction of sp³-hybridized carbons (Fsp3) is 0.250. The molecule has 0 aliphatic carbocycles. The number of amides is 2. The highest BCUT2D eigenvalue weighted by Gasteiger charge is 2.27. The van der Waals surface area contributed by atoms with E-state index in [1.165, 1.54) is 6.26 Å². The van der Waals surface area contributed by atoms with E-state index in [9.17, 15) is 9.59 Å². The lowest BCUT2D eigenvalue weighted by Crippen LogP contribution is -2.28. The number of hydrogen-bond acceptors (Lipinski definition) is 3. The maximum atomic E-state index is 12.3. The van der Waals surface area contributed by atoms with E-state index in [4.69, 9.17) is 4.42 Å². The number of carbonyl (C=O) groups excluding carboxylic acids is 2. The fourth-order valence-corrected chi connectivity index (χ4v) is 2.47. The van der Waals surface area contributed by atoms with Crippen molar-refractivity contribution in [3.8, 4) is 0 Å². The van der Waals surface area contributed by atoms with Gasteiger partial charge in [0.1, 0.15) is 0 Å². The van der Waals surface area contributed by atoms with Crippen LogP contribution < -0.4 is 10.2 Å². The van der Waals surface area contributed by atoms with Gasteiger partial charge in [0.2, 0.25) is 5.91 Å². The molecule has 108 valence electrons. The molecule has 2 aromatic rings. The largest absolute Gasteiger partial charge is 0.459 e. The molecule has 2 amide bonds. The molecule has 1 aromatic heterocycles. The zero-order valence-corrected chi connectivity index (χ0v) is 11.8. The van der Waals surface area contributed by atoms with Crippen LogP contribution in [0.4, 0.5) is 11.4 Å². The van der Waals surface area contributed by atoms with Gasteiger partial charge in [0.15, 0.2) is 5.76 Å². The number of nitrogens with zero attached hydrogens (tertiary/aromatic N) is 1. The minimum Gasteiger partial charge on any atom is -0.459 e. The Bertz CT molecular complexity index is 677. The number of furan rings is 1. The monoisotopic (exact) mass is 284 g/mol. The molecule has 0 unspecified atom stereocenters. The van der Waals surface area contributed by atoms with Crippen LogP contribution in [-0.2, 0) is 11.2 Å². The molecular weight excluding hydrogens is 268 g/mol. The Morgan fingerprint density at radius 3 is 2.90 bits per heavy atom. The van der Waals surface area contributed by atoms with Gasteiger partial charge in [-0.3, -0.25) is 9.59 Å². The predicted molar refractivity (Wildman–Crippen MR) is 79.5 cm³/mol. The summed E-state index contributed by atoms with van der Waals surface area (Å²) in [5.41, 5.74) is 2.71. The molecule has 5 heteroatoms. The number of fused-ring (bicyclic) bond motifs is 1. The van der Waals surface area contributed by atoms with E-state index in [1.807, 2.05) is 25.1 Å². The number of anilines is 2. The molecule has 1 aromatic carbocycles. The molecule has 0 radical (unpaired) electrons. The number of rotatable bonds is 3. The molecule has 21 heavy (non-hydrogen) atoms. The standard InChI is InChI=1S/C16H16N2O3/c1-2-15(19)17-12-5-6-13-11(10-12)7-8-18(13)16(20)14-4-3-9-21-14/h3-6,9-10H,2,7-8H2,1H3,(H,17,19). The number of benzene rings is 1. The van der Waals surface area contributed by atoms with E-state index in [2.05, 4.69) is 5.32 Å². The second-order valence-electron chi connectivity index (χ2n) is 4.93. The van der Waals surface area contributed by atoms with Crippen molar-refractivity contribution in [3.63, 3.8) is 0 Å². The van der Waals surface area contributed by atoms with E-state index in [-0.39, 0.29) is 11.8 Å². The summed E-state index contributed by atoms with van der Waals surface area (Å²) in [6, 6.07) is 8.98. The van der Waals surface area contributed by atoms with Crippen LogP contribution in [0.15, 0.2) is 41.0 Å². The zero-order chi connectivity index (χ0) is 14.8. The van der Waals surface area contributed by atoms with Crippen LogP contribution in [0.1, 0.15) is 29.5 Å². The molecule has 0 saturated carbocycles. The summed E-state index contributed by atoms with van der Waals surface area (Å²) >= 11 is 0. The van der Waals surface area contributed by atoms with Crippen LogP contribution in [-0.4, -0.2) is 18.4 Å². The molecule has 1 aliphatic heterocycles.